The van der Waals surface area contributed by atoms with Crippen molar-refractivity contribution in [2.45, 2.75) is 39.1 Å². The van der Waals surface area contributed by atoms with E-state index in [1.54, 1.807) is 96.7 Å². The molecule has 0 atom stereocenters. The van der Waals surface area contributed by atoms with Gasteiger partial charge in [0.1, 0.15) is 6.54 Å². The average molecular weight is 806 g/mol. The highest BCUT2D eigenvalue weighted by molar-refractivity contribution is 8.13. The number of amides is 1. The molecule has 1 amide bonds. The standard InChI is InChI=1S/C20H17N3O3S.C17H15NO2S.C5H7NOS/c24-19-13-22-20(23-19)21-12-15-6-4-5-14-11-17(9-10-18(14)15)27(25,26)16-7-2-1-3-8-16;18-12-14-6-4-5-13-11-16(9-10-17(13)14)21(19,20)15-7-2-1-3-8-15;1-8-5-2-4(7)3-6-5/h1-11H,12-13H2,(H2,21,22,23,24);1-11H,12,18H2;2-3H2,1H3. The highest BCUT2D eigenvalue weighted by Crippen LogP contribution is 2.28. The molecule has 11 nitrogen and oxygen atoms in total. The van der Waals surface area contributed by atoms with E-state index in [-0.39, 0.29) is 28.0 Å². The van der Waals surface area contributed by atoms with Crippen LogP contribution in [-0.4, -0.2) is 58.9 Å². The third-order valence-electron chi connectivity index (χ3n) is 8.93. The Bertz CT molecular complexity index is 2690. The first-order chi connectivity index (χ1) is 27.0. The molecule has 56 heavy (non-hydrogen) atoms. The number of ketones is 1. The van der Waals surface area contributed by atoms with E-state index in [1.807, 2.05) is 54.8 Å². The minimum absolute atomic E-state index is 0.133. The van der Waals surface area contributed by atoms with Crippen molar-refractivity contribution >= 4 is 75.7 Å². The summed E-state index contributed by atoms with van der Waals surface area (Å²) in [6, 6.07) is 38.6. The van der Waals surface area contributed by atoms with Crippen LogP contribution in [0.4, 0.5) is 0 Å². The fourth-order valence-electron chi connectivity index (χ4n) is 6.03. The van der Waals surface area contributed by atoms with Gasteiger partial charge in [-0.2, -0.15) is 0 Å². The summed E-state index contributed by atoms with van der Waals surface area (Å²) in [5.74, 6) is 0.570. The summed E-state index contributed by atoms with van der Waals surface area (Å²) in [5.41, 5.74) is 7.71. The van der Waals surface area contributed by atoms with E-state index in [0.29, 0.717) is 41.8 Å². The van der Waals surface area contributed by atoms with E-state index in [4.69, 9.17) is 5.73 Å². The van der Waals surface area contributed by atoms with Crippen molar-refractivity contribution in [1.82, 2.24) is 10.6 Å². The van der Waals surface area contributed by atoms with Gasteiger partial charge in [-0.25, -0.2) is 21.8 Å². The maximum atomic E-state index is 12.8. The highest BCUT2D eigenvalue weighted by Gasteiger charge is 2.20. The van der Waals surface area contributed by atoms with Gasteiger partial charge in [0.15, 0.2) is 11.7 Å². The number of aliphatic imine (C=N–C) groups is 2. The second-order valence-electron chi connectivity index (χ2n) is 12.6. The Labute approximate surface area is 330 Å². The van der Waals surface area contributed by atoms with Crippen LogP contribution in [0.2, 0.25) is 0 Å². The lowest BCUT2D eigenvalue weighted by atomic mass is 10.0. The van der Waals surface area contributed by atoms with E-state index in [0.717, 1.165) is 37.7 Å². The zero-order valence-electron chi connectivity index (χ0n) is 30.4. The van der Waals surface area contributed by atoms with Crippen LogP contribution in [0, 0.1) is 0 Å². The number of rotatable bonds is 7. The molecule has 0 fully saturated rings. The van der Waals surface area contributed by atoms with Crippen LogP contribution in [0.1, 0.15) is 17.5 Å². The first-order valence-electron chi connectivity index (χ1n) is 17.5. The molecule has 6 aromatic rings. The Morgan fingerprint density at radius 1 is 0.643 bits per heavy atom. The van der Waals surface area contributed by atoms with Gasteiger partial charge in [0.25, 0.3) is 0 Å². The summed E-state index contributed by atoms with van der Waals surface area (Å²) < 4.78 is 50.9. The van der Waals surface area contributed by atoms with E-state index >= 15 is 0 Å². The molecule has 0 spiro atoms. The molecule has 0 radical (unpaired) electrons. The third-order valence-corrected chi connectivity index (χ3v) is 13.2. The summed E-state index contributed by atoms with van der Waals surface area (Å²) in [7, 11) is -7.04. The van der Waals surface area contributed by atoms with Crippen molar-refractivity contribution in [3.05, 3.63) is 145 Å². The Morgan fingerprint density at radius 2 is 1.18 bits per heavy atom. The quantitative estimate of drug-likeness (QED) is 0.172. The lowest BCUT2D eigenvalue weighted by Gasteiger charge is -2.11. The lowest BCUT2D eigenvalue weighted by molar-refractivity contribution is -0.118. The van der Waals surface area contributed by atoms with Gasteiger partial charge >= 0.3 is 0 Å². The maximum Gasteiger partial charge on any atom is 0.248 e. The molecule has 6 aromatic carbocycles. The second kappa shape index (κ2) is 17.9. The Kier molecular flexibility index (Phi) is 12.8. The number of nitrogens with two attached hydrogens (primary N) is 1. The molecule has 0 aromatic heterocycles. The third kappa shape index (κ3) is 9.40. The maximum absolute atomic E-state index is 12.8. The van der Waals surface area contributed by atoms with E-state index < -0.39 is 19.7 Å². The molecule has 0 saturated carbocycles. The zero-order chi connectivity index (χ0) is 39.7. The van der Waals surface area contributed by atoms with Gasteiger partial charge in [0, 0.05) is 13.1 Å². The number of nitrogens with zero attached hydrogens (tertiary/aromatic N) is 2. The number of nitrogens with one attached hydrogen (secondary N) is 2. The number of sulfone groups is 2. The van der Waals surface area contributed by atoms with Crippen LogP contribution in [-0.2, 0) is 42.4 Å². The number of guanidine groups is 1. The van der Waals surface area contributed by atoms with Gasteiger partial charge in [-0.15, -0.1) is 11.8 Å². The van der Waals surface area contributed by atoms with Gasteiger partial charge < -0.3 is 11.1 Å². The molecule has 0 bridgehead atoms. The van der Waals surface area contributed by atoms with Crippen LogP contribution < -0.4 is 16.4 Å². The van der Waals surface area contributed by atoms with Gasteiger partial charge in [-0.3, -0.25) is 19.9 Å². The predicted molar refractivity (Wildman–Crippen MR) is 222 cm³/mol. The van der Waals surface area contributed by atoms with Crippen molar-refractivity contribution < 1.29 is 26.4 Å². The monoisotopic (exact) mass is 805 g/mol. The zero-order valence-corrected chi connectivity index (χ0v) is 32.8. The number of benzene rings is 6. The number of Topliss-reactive ketones (excluding diaryl/α,β-unsaturated/α-hetero) is 1. The molecule has 0 saturated heterocycles. The Morgan fingerprint density at radius 3 is 1.62 bits per heavy atom. The van der Waals surface area contributed by atoms with E-state index in [2.05, 4.69) is 20.6 Å². The smallest absolute Gasteiger partial charge is 0.248 e. The summed E-state index contributed by atoms with van der Waals surface area (Å²) >= 11 is 1.57. The normalized spacial score (nSPS) is 13.9. The molecule has 14 heteroatoms. The largest absolute Gasteiger partial charge is 0.352 e. The summed E-state index contributed by atoms with van der Waals surface area (Å²) in [5, 5.41) is 10.4. The van der Waals surface area contributed by atoms with Crippen molar-refractivity contribution in [3.8, 4) is 0 Å². The minimum atomic E-state index is -3.56. The van der Waals surface area contributed by atoms with Crippen molar-refractivity contribution in [2.75, 3.05) is 19.3 Å². The molecule has 2 aliphatic heterocycles. The number of carbonyl (C=O) groups is 2. The van der Waals surface area contributed by atoms with Crippen molar-refractivity contribution in [3.63, 3.8) is 0 Å². The lowest BCUT2D eigenvalue weighted by Crippen LogP contribution is -2.35. The highest BCUT2D eigenvalue weighted by atomic mass is 32.2. The second-order valence-corrected chi connectivity index (χ2v) is 17.4. The number of thioether (sulfide) groups is 1. The van der Waals surface area contributed by atoms with E-state index in [9.17, 15) is 26.4 Å². The number of carbonyl (C=O) groups excluding carboxylic acids is 2. The molecule has 8 rings (SSSR count). The first-order valence-corrected chi connectivity index (χ1v) is 21.7. The van der Waals surface area contributed by atoms with Crippen LogP contribution in [0.3, 0.4) is 0 Å². The molecule has 2 aliphatic rings. The number of hydrogen-bond donors (Lipinski definition) is 3. The van der Waals surface area contributed by atoms with Gasteiger partial charge in [-0.1, -0.05) is 84.9 Å². The predicted octanol–water partition coefficient (Wildman–Crippen LogP) is 6.10. The topological polar surface area (TPSA) is 177 Å². The first kappa shape index (κ1) is 40.0. The minimum Gasteiger partial charge on any atom is -0.352 e. The van der Waals surface area contributed by atoms with Gasteiger partial charge in [0.2, 0.25) is 25.6 Å². The number of fused-ring (bicyclic) bond motifs is 2. The average Bonchev–Trinajstić information content (AvgIpc) is 3.87. The van der Waals surface area contributed by atoms with Crippen molar-refractivity contribution in [2.24, 2.45) is 15.7 Å². The Balaban J connectivity index is 0.000000162. The molecule has 0 aliphatic carbocycles. The molecule has 2 heterocycles. The summed E-state index contributed by atoms with van der Waals surface area (Å²) in [6.45, 7) is 1.46. The van der Waals surface area contributed by atoms with Crippen LogP contribution >= 0.6 is 11.8 Å². The summed E-state index contributed by atoms with van der Waals surface area (Å²) in [6.07, 6.45) is 2.51. The fraction of sp³-hybridized carbons (Fsp3) is 0.143. The van der Waals surface area contributed by atoms with Gasteiger partial charge in [0.05, 0.1) is 37.6 Å². The number of hydrogen-bond acceptors (Lipinski definition) is 11. The van der Waals surface area contributed by atoms with Crippen LogP contribution in [0.25, 0.3) is 21.5 Å². The summed E-state index contributed by atoms with van der Waals surface area (Å²) in [4.78, 5) is 30.9. The van der Waals surface area contributed by atoms with E-state index in [1.165, 1.54) is 0 Å². The molecular weight excluding hydrogens is 767 g/mol. The fourth-order valence-corrected chi connectivity index (χ4v) is 9.16. The van der Waals surface area contributed by atoms with Crippen LogP contribution in [0.5, 0.6) is 0 Å². The molecule has 0 unspecified atom stereocenters. The molecule has 4 N–H and O–H groups in total. The SMILES string of the molecule is CSC1=NCC(=O)C1.NCc1cccc2cc(S(=O)(=O)c3ccccc3)ccc12.O=C1CN=C(NCc2cccc3cc(S(=O)(=O)c4ccccc4)ccc23)N1. The molecular formula is C42H39N5O6S3. The molecule has 286 valence electrons. The van der Waals surface area contributed by atoms with Crippen LogP contribution in [0.15, 0.2) is 163 Å². The van der Waals surface area contributed by atoms with Gasteiger partial charge in [-0.05, 0) is 87.5 Å². The van der Waals surface area contributed by atoms with Crippen molar-refractivity contribution in [1.29, 1.82) is 0 Å². The Hall–Kier alpha value is -5.67.